The van der Waals surface area contributed by atoms with Crippen molar-refractivity contribution >= 4 is 33.1 Å². The lowest BCUT2D eigenvalue weighted by molar-refractivity contribution is -0.121. The van der Waals surface area contributed by atoms with E-state index in [1.54, 1.807) is 29.5 Å². The second-order valence-corrected chi connectivity index (χ2v) is 7.53. The number of benzene rings is 1. The Bertz CT molecular complexity index is 1320. The van der Waals surface area contributed by atoms with Crippen molar-refractivity contribution in [2.75, 3.05) is 6.54 Å². The summed E-state index contributed by atoms with van der Waals surface area (Å²) in [5.41, 5.74) is 1.88. The van der Waals surface area contributed by atoms with Crippen LogP contribution in [0.4, 0.5) is 0 Å². The van der Waals surface area contributed by atoms with Crippen LogP contribution >= 0.6 is 11.3 Å². The number of nitrogens with zero attached hydrogens (tertiary/aromatic N) is 4. The van der Waals surface area contributed by atoms with Gasteiger partial charge in [-0.15, -0.1) is 11.3 Å². The van der Waals surface area contributed by atoms with Crippen LogP contribution in [0.2, 0.25) is 0 Å². The number of aromatic nitrogens is 4. The van der Waals surface area contributed by atoms with Gasteiger partial charge in [-0.2, -0.15) is 0 Å². The molecule has 0 bridgehead atoms. The summed E-state index contributed by atoms with van der Waals surface area (Å²) in [6.07, 6.45) is 2.16. The van der Waals surface area contributed by atoms with Gasteiger partial charge in [0.1, 0.15) is 0 Å². The second kappa shape index (κ2) is 7.96. The maximum Gasteiger partial charge on any atom is 0.261 e. The Hall–Kier alpha value is -3.33. The van der Waals surface area contributed by atoms with E-state index >= 15 is 0 Å². The molecule has 4 aromatic rings. The van der Waals surface area contributed by atoms with Gasteiger partial charge in [0.2, 0.25) is 5.91 Å². The first-order chi connectivity index (χ1) is 14.0. The van der Waals surface area contributed by atoms with E-state index in [4.69, 9.17) is 0 Å². The summed E-state index contributed by atoms with van der Waals surface area (Å²) in [5.74, 6) is -0.161. The maximum absolute atomic E-state index is 12.4. The van der Waals surface area contributed by atoms with Crippen LogP contribution in [0, 0.1) is 6.92 Å². The Kier molecular flexibility index (Phi) is 5.22. The Morgan fingerprint density at radius 3 is 2.93 bits per heavy atom. The average Bonchev–Trinajstić information content (AvgIpc) is 3.11. The lowest BCUT2D eigenvalue weighted by atomic mass is 10.2. The quantitative estimate of drug-likeness (QED) is 0.521. The molecular weight excluding hydrogens is 390 g/mol. The molecule has 0 aliphatic carbocycles. The van der Waals surface area contributed by atoms with Crippen molar-refractivity contribution < 1.29 is 4.79 Å². The Morgan fingerprint density at radius 1 is 1.24 bits per heavy atom. The molecule has 1 amide bonds. The second-order valence-electron chi connectivity index (χ2n) is 6.69. The van der Waals surface area contributed by atoms with Gasteiger partial charge in [0, 0.05) is 48.8 Å². The maximum atomic E-state index is 12.4. The van der Waals surface area contributed by atoms with Gasteiger partial charge in [-0.05, 0) is 19.1 Å². The van der Waals surface area contributed by atoms with Crippen molar-refractivity contribution in [2.24, 2.45) is 0 Å². The highest BCUT2D eigenvalue weighted by molar-refractivity contribution is 7.15. The molecule has 0 unspecified atom stereocenters. The number of para-hydroxylation sites is 1. The summed E-state index contributed by atoms with van der Waals surface area (Å²) in [4.78, 5) is 46.0. The molecule has 29 heavy (non-hydrogen) atoms. The molecule has 8 nitrogen and oxygen atoms in total. The van der Waals surface area contributed by atoms with E-state index < -0.39 is 0 Å². The lowest BCUT2D eigenvalue weighted by Crippen LogP contribution is -2.29. The topological polar surface area (TPSA) is 98.4 Å². The minimum atomic E-state index is -0.161. The monoisotopic (exact) mass is 409 g/mol. The van der Waals surface area contributed by atoms with Gasteiger partial charge in [0.15, 0.2) is 4.96 Å². The summed E-state index contributed by atoms with van der Waals surface area (Å²) in [6.45, 7) is 2.44. The first-order valence-electron chi connectivity index (χ1n) is 9.20. The van der Waals surface area contributed by atoms with Crippen LogP contribution in [0.5, 0.6) is 0 Å². The Morgan fingerprint density at radius 2 is 2.07 bits per heavy atom. The molecule has 0 saturated heterocycles. The fourth-order valence-corrected chi connectivity index (χ4v) is 4.14. The molecule has 9 heteroatoms. The molecule has 0 spiro atoms. The van der Waals surface area contributed by atoms with Gasteiger partial charge in [0.25, 0.3) is 11.1 Å². The minimum absolute atomic E-state index is 0.113. The zero-order valence-electron chi connectivity index (χ0n) is 15.8. The van der Waals surface area contributed by atoms with E-state index in [0.29, 0.717) is 34.5 Å². The van der Waals surface area contributed by atoms with Crippen LogP contribution in [-0.2, 0) is 17.8 Å². The lowest BCUT2D eigenvalue weighted by Gasteiger charge is -2.08. The molecule has 1 aromatic carbocycles. The number of amides is 1. The molecule has 0 aliphatic heterocycles. The summed E-state index contributed by atoms with van der Waals surface area (Å²) in [7, 11) is 0. The SMILES string of the molecule is Cc1cc(=O)n2c(CCNC(=O)CCn3cnc4ccccc4c3=O)csc2n1. The van der Waals surface area contributed by atoms with Crippen LogP contribution < -0.4 is 16.4 Å². The summed E-state index contributed by atoms with van der Waals surface area (Å²) in [6, 6.07) is 8.62. The van der Waals surface area contributed by atoms with Crippen LogP contribution in [0.25, 0.3) is 15.9 Å². The first kappa shape index (κ1) is 19.0. The largest absolute Gasteiger partial charge is 0.356 e. The third-order valence-corrected chi connectivity index (χ3v) is 5.49. The summed E-state index contributed by atoms with van der Waals surface area (Å²) < 4.78 is 3.02. The van der Waals surface area contributed by atoms with Gasteiger partial charge in [0.05, 0.1) is 17.2 Å². The number of aryl methyl sites for hydroxylation is 2. The van der Waals surface area contributed by atoms with E-state index in [1.165, 1.54) is 28.3 Å². The fraction of sp³-hybridized carbons (Fsp3) is 0.250. The van der Waals surface area contributed by atoms with Gasteiger partial charge in [-0.3, -0.25) is 23.4 Å². The third-order valence-electron chi connectivity index (χ3n) is 4.62. The number of rotatable bonds is 6. The van der Waals surface area contributed by atoms with Gasteiger partial charge in [-0.1, -0.05) is 12.1 Å². The summed E-state index contributed by atoms with van der Waals surface area (Å²) >= 11 is 1.41. The minimum Gasteiger partial charge on any atom is -0.356 e. The number of fused-ring (bicyclic) bond motifs is 2. The van der Waals surface area contributed by atoms with Gasteiger partial charge in [-0.25, -0.2) is 9.97 Å². The van der Waals surface area contributed by atoms with Crippen LogP contribution in [0.15, 0.2) is 51.6 Å². The number of hydrogen-bond donors (Lipinski definition) is 1. The molecule has 1 N–H and O–H groups in total. The predicted octanol–water partition coefficient (Wildman–Crippen LogP) is 1.52. The number of thiazole rings is 1. The molecule has 148 valence electrons. The molecule has 0 aliphatic rings. The number of nitrogens with one attached hydrogen (secondary N) is 1. The van der Waals surface area contributed by atoms with Crippen molar-refractivity contribution in [1.29, 1.82) is 0 Å². The zero-order valence-corrected chi connectivity index (χ0v) is 16.6. The fourth-order valence-electron chi connectivity index (χ4n) is 3.16. The van der Waals surface area contributed by atoms with Gasteiger partial charge < -0.3 is 5.32 Å². The smallest absolute Gasteiger partial charge is 0.261 e. The molecule has 3 heterocycles. The molecule has 0 saturated carbocycles. The molecule has 3 aromatic heterocycles. The Labute approximate surface area is 169 Å². The first-order valence-corrected chi connectivity index (χ1v) is 10.1. The van der Waals surface area contributed by atoms with Crippen molar-refractivity contribution in [1.82, 2.24) is 24.3 Å². The highest BCUT2D eigenvalue weighted by Gasteiger charge is 2.09. The van der Waals surface area contributed by atoms with Crippen LogP contribution in [-0.4, -0.2) is 31.4 Å². The Balaban J connectivity index is 1.35. The van der Waals surface area contributed by atoms with Crippen molar-refractivity contribution in [3.05, 3.63) is 74.1 Å². The van der Waals surface area contributed by atoms with E-state index in [2.05, 4.69) is 15.3 Å². The van der Waals surface area contributed by atoms with Crippen molar-refractivity contribution in [3.63, 3.8) is 0 Å². The zero-order chi connectivity index (χ0) is 20.4. The van der Waals surface area contributed by atoms with Crippen LogP contribution in [0.3, 0.4) is 0 Å². The van der Waals surface area contributed by atoms with E-state index in [1.807, 2.05) is 11.4 Å². The number of carbonyl (C=O) groups excluding carboxylic acids is 1. The predicted molar refractivity (Wildman–Crippen MR) is 111 cm³/mol. The number of hydrogen-bond acceptors (Lipinski definition) is 6. The van der Waals surface area contributed by atoms with E-state index in [0.717, 1.165) is 5.69 Å². The normalized spacial score (nSPS) is 11.2. The number of carbonyl (C=O) groups is 1. The van der Waals surface area contributed by atoms with E-state index in [-0.39, 0.29) is 30.0 Å². The molecule has 4 rings (SSSR count). The summed E-state index contributed by atoms with van der Waals surface area (Å²) in [5, 5.41) is 5.26. The molecule has 0 atom stereocenters. The van der Waals surface area contributed by atoms with Crippen molar-refractivity contribution in [3.8, 4) is 0 Å². The highest BCUT2D eigenvalue weighted by atomic mass is 32.1. The standard InChI is InChI=1S/C20H19N5O3S/c1-13-10-18(27)25-14(11-29-20(25)23-13)6-8-21-17(26)7-9-24-12-22-16-5-3-2-4-15(16)19(24)28/h2-5,10-12H,6-9H2,1H3,(H,21,26). The average molecular weight is 409 g/mol. The molecule has 0 fully saturated rings. The highest BCUT2D eigenvalue weighted by Crippen LogP contribution is 2.12. The van der Waals surface area contributed by atoms with E-state index in [9.17, 15) is 14.4 Å². The third kappa shape index (κ3) is 3.95. The molecular formula is C20H19N5O3S. The van der Waals surface area contributed by atoms with Crippen LogP contribution in [0.1, 0.15) is 17.8 Å². The van der Waals surface area contributed by atoms with Crippen molar-refractivity contribution in [2.45, 2.75) is 26.3 Å². The van der Waals surface area contributed by atoms with Gasteiger partial charge >= 0.3 is 0 Å². The molecule has 0 radical (unpaired) electrons.